The minimum atomic E-state index is 0.0118. The van der Waals surface area contributed by atoms with Crippen LogP contribution in [-0.4, -0.2) is 44.0 Å². The standard InChI is InChI=1S/C15H24N4OS/c1-19(2)15(20)13-12(16)11(9-3-4-9)14(21-13)18-10-5-7-17-8-6-10/h9-10,17-18H,3-8,16H2,1-2H3. The number of nitrogens with one attached hydrogen (secondary N) is 2. The molecule has 6 heteroatoms. The van der Waals surface area contributed by atoms with Crippen molar-refractivity contribution in [2.75, 3.05) is 38.2 Å². The molecule has 1 aromatic heterocycles. The molecular formula is C15H24N4OS. The Balaban J connectivity index is 1.87. The lowest BCUT2D eigenvalue weighted by atomic mass is 10.1. The number of nitrogens with two attached hydrogens (primary N) is 1. The highest BCUT2D eigenvalue weighted by Crippen LogP contribution is 2.51. The predicted molar refractivity (Wildman–Crippen MR) is 88.2 cm³/mol. The number of carbonyl (C=O) groups excluding carboxylic acids is 1. The zero-order valence-electron chi connectivity index (χ0n) is 12.7. The molecule has 0 bridgehead atoms. The van der Waals surface area contributed by atoms with Crippen molar-refractivity contribution in [1.82, 2.24) is 10.2 Å². The molecule has 3 rings (SSSR count). The Bertz CT molecular complexity index is 530. The third kappa shape index (κ3) is 3.01. The van der Waals surface area contributed by atoms with E-state index in [4.69, 9.17) is 5.73 Å². The van der Waals surface area contributed by atoms with E-state index in [1.54, 1.807) is 19.0 Å². The first kappa shape index (κ1) is 14.7. The quantitative estimate of drug-likeness (QED) is 0.796. The van der Waals surface area contributed by atoms with E-state index >= 15 is 0 Å². The highest BCUT2D eigenvalue weighted by atomic mass is 32.1. The van der Waals surface area contributed by atoms with Crippen molar-refractivity contribution < 1.29 is 4.79 Å². The van der Waals surface area contributed by atoms with Crippen molar-refractivity contribution in [3.05, 3.63) is 10.4 Å². The molecule has 0 spiro atoms. The van der Waals surface area contributed by atoms with E-state index < -0.39 is 0 Å². The Hall–Kier alpha value is -1.27. The van der Waals surface area contributed by atoms with Crippen LogP contribution in [0.1, 0.15) is 46.8 Å². The fourth-order valence-corrected chi connectivity index (χ4v) is 4.16. The molecule has 0 unspecified atom stereocenters. The Morgan fingerprint density at radius 1 is 1.29 bits per heavy atom. The summed E-state index contributed by atoms with van der Waals surface area (Å²) in [5.74, 6) is 0.562. The summed E-state index contributed by atoms with van der Waals surface area (Å²) in [5, 5.41) is 8.16. The summed E-state index contributed by atoms with van der Waals surface area (Å²) in [6.45, 7) is 2.11. The van der Waals surface area contributed by atoms with Crippen LogP contribution in [-0.2, 0) is 0 Å². The molecule has 2 heterocycles. The van der Waals surface area contributed by atoms with Crippen LogP contribution < -0.4 is 16.4 Å². The maximum Gasteiger partial charge on any atom is 0.265 e. The van der Waals surface area contributed by atoms with Gasteiger partial charge in [0.2, 0.25) is 0 Å². The Kier molecular flexibility index (Phi) is 4.08. The zero-order valence-corrected chi connectivity index (χ0v) is 13.6. The number of rotatable bonds is 4. The molecule has 1 aliphatic carbocycles. The predicted octanol–water partition coefficient (Wildman–Crippen LogP) is 2.07. The number of anilines is 2. The lowest BCUT2D eigenvalue weighted by Crippen LogP contribution is -2.35. The van der Waals surface area contributed by atoms with Crippen LogP contribution in [0.5, 0.6) is 0 Å². The topological polar surface area (TPSA) is 70.4 Å². The zero-order chi connectivity index (χ0) is 15.0. The molecule has 1 saturated carbocycles. The summed E-state index contributed by atoms with van der Waals surface area (Å²) in [6, 6.07) is 0.490. The van der Waals surface area contributed by atoms with E-state index in [0.29, 0.717) is 22.5 Å². The van der Waals surface area contributed by atoms with Gasteiger partial charge in [0.25, 0.3) is 5.91 Å². The maximum atomic E-state index is 12.3. The van der Waals surface area contributed by atoms with Crippen LogP contribution in [0, 0.1) is 0 Å². The van der Waals surface area contributed by atoms with E-state index in [-0.39, 0.29) is 5.91 Å². The lowest BCUT2D eigenvalue weighted by molar-refractivity contribution is 0.0833. The number of piperidine rings is 1. The molecular weight excluding hydrogens is 284 g/mol. The molecule has 116 valence electrons. The lowest BCUT2D eigenvalue weighted by Gasteiger charge is -2.24. The molecule has 0 radical (unpaired) electrons. The van der Waals surface area contributed by atoms with Gasteiger partial charge >= 0.3 is 0 Å². The molecule has 5 nitrogen and oxygen atoms in total. The molecule has 1 aliphatic heterocycles. The second-order valence-electron chi connectivity index (χ2n) is 6.23. The monoisotopic (exact) mass is 308 g/mol. The van der Waals surface area contributed by atoms with E-state index in [1.807, 2.05) is 0 Å². The van der Waals surface area contributed by atoms with Gasteiger partial charge in [0.05, 0.1) is 10.7 Å². The van der Waals surface area contributed by atoms with Crippen molar-refractivity contribution in [2.24, 2.45) is 0 Å². The molecule has 1 amide bonds. The van der Waals surface area contributed by atoms with Gasteiger partial charge in [0, 0.05) is 25.7 Å². The minimum Gasteiger partial charge on any atom is -0.397 e. The summed E-state index contributed by atoms with van der Waals surface area (Å²) in [4.78, 5) is 14.6. The van der Waals surface area contributed by atoms with Crippen molar-refractivity contribution in [2.45, 2.75) is 37.6 Å². The second-order valence-corrected chi connectivity index (χ2v) is 7.25. The second kappa shape index (κ2) is 5.85. The van der Waals surface area contributed by atoms with Gasteiger partial charge in [-0.15, -0.1) is 11.3 Å². The first-order valence-corrected chi connectivity index (χ1v) is 8.50. The number of amides is 1. The molecule has 0 aromatic carbocycles. The number of hydrogen-bond acceptors (Lipinski definition) is 5. The number of thiophene rings is 1. The van der Waals surface area contributed by atoms with Crippen LogP contribution in [0.3, 0.4) is 0 Å². The first-order chi connectivity index (χ1) is 10.1. The normalized spacial score (nSPS) is 19.5. The van der Waals surface area contributed by atoms with Crippen LogP contribution in [0.15, 0.2) is 0 Å². The highest BCUT2D eigenvalue weighted by Gasteiger charge is 2.33. The van der Waals surface area contributed by atoms with Gasteiger partial charge in [-0.2, -0.15) is 0 Å². The summed E-state index contributed by atoms with van der Waals surface area (Å²) < 4.78 is 0. The molecule has 2 aliphatic rings. The first-order valence-electron chi connectivity index (χ1n) is 7.69. The van der Waals surface area contributed by atoms with Gasteiger partial charge < -0.3 is 21.3 Å². The van der Waals surface area contributed by atoms with E-state index in [0.717, 1.165) is 30.9 Å². The van der Waals surface area contributed by atoms with Crippen LogP contribution >= 0.6 is 11.3 Å². The van der Waals surface area contributed by atoms with E-state index in [2.05, 4.69) is 10.6 Å². The van der Waals surface area contributed by atoms with Gasteiger partial charge in [-0.05, 0) is 44.7 Å². The molecule has 1 saturated heterocycles. The number of nitrogens with zero attached hydrogens (tertiary/aromatic N) is 1. The molecule has 0 atom stereocenters. The molecule has 4 N–H and O–H groups in total. The summed E-state index contributed by atoms with van der Waals surface area (Å²) in [5.41, 5.74) is 8.20. The average molecular weight is 308 g/mol. The van der Waals surface area contributed by atoms with E-state index in [9.17, 15) is 4.79 Å². The summed E-state index contributed by atoms with van der Waals surface area (Å²) in [7, 11) is 3.55. The Morgan fingerprint density at radius 3 is 2.52 bits per heavy atom. The van der Waals surface area contributed by atoms with Crippen molar-refractivity contribution >= 4 is 27.9 Å². The third-order valence-corrected chi connectivity index (χ3v) is 5.38. The fourth-order valence-electron chi connectivity index (χ4n) is 2.85. The average Bonchev–Trinajstić information content (AvgIpc) is 3.24. The van der Waals surface area contributed by atoms with Crippen LogP contribution in [0.4, 0.5) is 10.7 Å². The van der Waals surface area contributed by atoms with Gasteiger partial charge in [0.15, 0.2) is 0 Å². The Labute approximate surface area is 129 Å². The molecule has 2 fully saturated rings. The maximum absolute atomic E-state index is 12.3. The Morgan fingerprint density at radius 2 is 1.95 bits per heavy atom. The smallest absolute Gasteiger partial charge is 0.265 e. The molecule has 21 heavy (non-hydrogen) atoms. The third-order valence-electron chi connectivity index (χ3n) is 4.24. The summed E-state index contributed by atoms with van der Waals surface area (Å²) >= 11 is 1.54. The van der Waals surface area contributed by atoms with Crippen molar-refractivity contribution in [3.8, 4) is 0 Å². The number of hydrogen-bond donors (Lipinski definition) is 3. The van der Waals surface area contributed by atoms with E-state index in [1.165, 1.54) is 29.7 Å². The number of carbonyl (C=O) groups is 1. The minimum absolute atomic E-state index is 0.0118. The fraction of sp³-hybridized carbons (Fsp3) is 0.667. The molecule has 1 aromatic rings. The van der Waals surface area contributed by atoms with Gasteiger partial charge in [0.1, 0.15) is 4.88 Å². The number of nitrogen functional groups attached to an aromatic ring is 1. The van der Waals surface area contributed by atoms with Gasteiger partial charge in [-0.25, -0.2) is 0 Å². The highest BCUT2D eigenvalue weighted by molar-refractivity contribution is 7.18. The van der Waals surface area contributed by atoms with Crippen LogP contribution in [0.25, 0.3) is 0 Å². The van der Waals surface area contributed by atoms with Gasteiger partial charge in [-0.1, -0.05) is 0 Å². The van der Waals surface area contributed by atoms with Crippen molar-refractivity contribution in [1.29, 1.82) is 0 Å². The van der Waals surface area contributed by atoms with Crippen LogP contribution in [0.2, 0.25) is 0 Å². The largest absolute Gasteiger partial charge is 0.397 e. The SMILES string of the molecule is CN(C)C(=O)c1sc(NC2CCNCC2)c(C2CC2)c1N. The van der Waals surface area contributed by atoms with Crippen molar-refractivity contribution in [3.63, 3.8) is 0 Å². The van der Waals surface area contributed by atoms with Gasteiger partial charge in [-0.3, -0.25) is 4.79 Å². The summed E-state index contributed by atoms with van der Waals surface area (Å²) in [6.07, 6.45) is 4.63.